The van der Waals surface area contributed by atoms with E-state index in [-0.39, 0.29) is 12.5 Å². The van der Waals surface area contributed by atoms with Gasteiger partial charge in [-0.05, 0) is 68.1 Å². The number of aryl methyl sites for hydroxylation is 2. The predicted octanol–water partition coefficient (Wildman–Crippen LogP) is 5.68. The van der Waals surface area contributed by atoms with E-state index in [1.54, 1.807) is 0 Å². The van der Waals surface area contributed by atoms with Gasteiger partial charge < -0.3 is 10.3 Å². The number of hydrogen-bond acceptors (Lipinski definition) is 2. The van der Waals surface area contributed by atoms with Crippen molar-refractivity contribution >= 4 is 10.9 Å². The van der Waals surface area contributed by atoms with E-state index in [2.05, 4.69) is 41.3 Å². The normalized spacial score (nSPS) is 19.5. The number of pyridine rings is 1. The quantitative estimate of drug-likeness (QED) is 0.611. The van der Waals surface area contributed by atoms with Crippen LogP contribution in [0.1, 0.15) is 54.6 Å². The largest absolute Gasteiger partial charge is 0.354 e. The number of benzene rings is 1. The van der Waals surface area contributed by atoms with E-state index in [4.69, 9.17) is 0 Å². The number of piperidine rings is 1. The van der Waals surface area contributed by atoms with E-state index in [0.717, 1.165) is 39.1 Å². The summed E-state index contributed by atoms with van der Waals surface area (Å²) in [7, 11) is 0. The lowest BCUT2D eigenvalue weighted by atomic mass is 9.85. The maximum absolute atomic E-state index is 14.5. The Morgan fingerprint density at radius 3 is 2.46 bits per heavy atom. The van der Waals surface area contributed by atoms with Crippen LogP contribution >= 0.6 is 0 Å². The summed E-state index contributed by atoms with van der Waals surface area (Å²) in [5.74, 6) is -3.19. The Hall–Kier alpha value is -2.27. The molecule has 2 N–H and O–H groups in total. The Balaban J connectivity index is 1.88. The van der Waals surface area contributed by atoms with Gasteiger partial charge >= 0.3 is 0 Å². The van der Waals surface area contributed by atoms with Crippen LogP contribution < -0.4 is 5.32 Å². The lowest BCUT2D eigenvalue weighted by molar-refractivity contribution is -0.0419. The number of alkyl halides is 2. The molecule has 1 atom stereocenters. The molecule has 3 nitrogen and oxygen atoms in total. The van der Waals surface area contributed by atoms with Gasteiger partial charge in [-0.25, -0.2) is 8.78 Å². The molecule has 1 aliphatic rings. The molecule has 2 aromatic heterocycles. The van der Waals surface area contributed by atoms with Crippen molar-refractivity contribution in [3.8, 4) is 11.3 Å². The van der Waals surface area contributed by atoms with Gasteiger partial charge in [0.2, 0.25) is 0 Å². The van der Waals surface area contributed by atoms with E-state index >= 15 is 0 Å². The summed E-state index contributed by atoms with van der Waals surface area (Å²) in [6, 6.07) is 9.95. The summed E-state index contributed by atoms with van der Waals surface area (Å²) in [6.45, 7) is 8.67. The zero-order valence-electron chi connectivity index (χ0n) is 16.9. The topological polar surface area (TPSA) is 40.7 Å². The smallest absolute Gasteiger partial charge is 0.267 e. The summed E-state index contributed by atoms with van der Waals surface area (Å²) in [5, 5.41) is 3.86. The Bertz CT molecular complexity index is 1000. The predicted molar refractivity (Wildman–Crippen MR) is 110 cm³/mol. The Kier molecular flexibility index (Phi) is 4.74. The summed E-state index contributed by atoms with van der Waals surface area (Å²) in [6.07, 6.45) is 0.454. The van der Waals surface area contributed by atoms with Crippen LogP contribution in [0.25, 0.3) is 22.2 Å². The Morgan fingerprint density at radius 2 is 1.82 bits per heavy atom. The highest BCUT2D eigenvalue weighted by Crippen LogP contribution is 2.41. The minimum atomic E-state index is -2.72. The monoisotopic (exact) mass is 383 g/mol. The molecule has 0 aliphatic carbocycles. The van der Waals surface area contributed by atoms with Gasteiger partial charge in [0.1, 0.15) is 0 Å². The molecule has 0 bridgehead atoms. The van der Waals surface area contributed by atoms with Gasteiger partial charge in [0.25, 0.3) is 5.92 Å². The lowest BCUT2D eigenvalue weighted by Gasteiger charge is -2.32. The van der Waals surface area contributed by atoms with Gasteiger partial charge in [0, 0.05) is 27.9 Å². The van der Waals surface area contributed by atoms with Crippen LogP contribution in [0, 0.1) is 13.8 Å². The first-order valence-electron chi connectivity index (χ1n) is 9.96. The molecule has 148 valence electrons. The van der Waals surface area contributed by atoms with Crippen molar-refractivity contribution in [2.75, 3.05) is 13.1 Å². The maximum atomic E-state index is 14.5. The standard InChI is InChI=1S/C23H27F2N3/c1-13(2)21-18-11-16(19-7-8-26-12-23(19,24)25)5-6-20(18)28-22(21)17-9-14(3)27-15(4)10-17/h5-6,9-11,13,19,26,28H,7-8,12H2,1-4H3. The third-order valence-corrected chi connectivity index (χ3v) is 5.69. The average molecular weight is 383 g/mol. The number of nitrogens with one attached hydrogen (secondary N) is 2. The maximum Gasteiger partial charge on any atom is 0.267 e. The number of halogens is 2. The highest BCUT2D eigenvalue weighted by Gasteiger charge is 2.42. The molecule has 3 aromatic rings. The van der Waals surface area contributed by atoms with Crippen molar-refractivity contribution in [1.29, 1.82) is 0 Å². The van der Waals surface area contributed by atoms with E-state index in [9.17, 15) is 8.78 Å². The van der Waals surface area contributed by atoms with Gasteiger partial charge in [-0.2, -0.15) is 0 Å². The molecule has 28 heavy (non-hydrogen) atoms. The van der Waals surface area contributed by atoms with E-state index in [0.29, 0.717) is 13.0 Å². The minimum Gasteiger partial charge on any atom is -0.354 e. The molecule has 4 rings (SSSR count). The van der Waals surface area contributed by atoms with Crippen molar-refractivity contribution in [1.82, 2.24) is 15.3 Å². The molecule has 1 aliphatic heterocycles. The van der Waals surface area contributed by atoms with Crippen molar-refractivity contribution in [3.05, 3.63) is 52.8 Å². The second kappa shape index (κ2) is 6.96. The molecular weight excluding hydrogens is 356 g/mol. The summed E-state index contributed by atoms with van der Waals surface area (Å²) < 4.78 is 29.0. The molecule has 1 saturated heterocycles. The van der Waals surface area contributed by atoms with Crippen LogP contribution in [-0.4, -0.2) is 29.0 Å². The van der Waals surface area contributed by atoms with Crippen LogP contribution in [0.4, 0.5) is 8.78 Å². The van der Waals surface area contributed by atoms with Crippen LogP contribution in [-0.2, 0) is 0 Å². The lowest BCUT2D eigenvalue weighted by Crippen LogP contribution is -2.44. The first-order valence-corrected chi connectivity index (χ1v) is 9.96. The molecule has 0 radical (unpaired) electrons. The molecule has 5 heteroatoms. The van der Waals surface area contributed by atoms with E-state index in [1.165, 1.54) is 5.56 Å². The SMILES string of the molecule is Cc1cc(-c2[nH]c3ccc(C4CCNCC4(F)F)cc3c2C(C)C)cc(C)n1. The van der Waals surface area contributed by atoms with Gasteiger partial charge in [-0.15, -0.1) is 0 Å². The summed E-state index contributed by atoms with van der Waals surface area (Å²) >= 11 is 0. The van der Waals surface area contributed by atoms with Crippen LogP contribution in [0.15, 0.2) is 30.3 Å². The first-order chi connectivity index (χ1) is 13.3. The number of hydrogen-bond donors (Lipinski definition) is 2. The zero-order chi connectivity index (χ0) is 20.1. The molecule has 1 aromatic carbocycles. The van der Waals surface area contributed by atoms with Crippen molar-refractivity contribution in [2.45, 2.75) is 51.9 Å². The number of nitrogens with zero attached hydrogens (tertiary/aromatic N) is 1. The van der Waals surface area contributed by atoms with Crippen LogP contribution in [0.5, 0.6) is 0 Å². The van der Waals surface area contributed by atoms with Crippen molar-refractivity contribution in [2.24, 2.45) is 0 Å². The van der Waals surface area contributed by atoms with Gasteiger partial charge in [-0.3, -0.25) is 4.98 Å². The summed E-state index contributed by atoms with van der Waals surface area (Å²) in [5.41, 5.74) is 7.00. The number of aromatic nitrogens is 2. The average Bonchev–Trinajstić information content (AvgIpc) is 2.99. The van der Waals surface area contributed by atoms with Gasteiger partial charge in [0.05, 0.1) is 18.2 Å². The van der Waals surface area contributed by atoms with Crippen LogP contribution in [0.3, 0.4) is 0 Å². The molecule has 0 spiro atoms. The van der Waals surface area contributed by atoms with Crippen LogP contribution in [0.2, 0.25) is 0 Å². The third kappa shape index (κ3) is 3.32. The van der Waals surface area contributed by atoms with Crippen molar-refractivity contribution in [3.63, 3.8) is 0 Å². The molecule has 1 fully saturated rings. The van der Waals surface area contributed by atoms with E-state index in [1.807, 2.05) is 32.0 Å². The molecule has 0 amide bonds. The van der Waals surface area contributed by atoms with E-state index < -0.39 is 11.8 Å². The number of H-pyrrole nitrogens is 1. The molecule has 0 saturated carbocycles. The molecule has 1 unspecified atom stereocenters. The van der Waals surface area contributed by atoms with Gasteiger partial charge in [-0.1, -0.05) is 19.9 Å². The number of aromatic amines is 1. The highest BCUT2D eigenvalue weighted by atomic mass is 19.3. The molecular formula is C23H27F2N3. The zero-order valence-corrected chi connectivity index (χ0v) is 16.9. The summed E-state index contributed by atoms with van der Waals surface area (Å²) in [4.78, 5) is 8.02. The molecule has 3 heterocycles. The Morgan fingerprint density at radius 1 is 1.11 bits per heavy atom. The second-order valence-corrected chi connectivity index (χ2v) is 8.29. The Labute approximate surface area is 164 Å². The number of fused-ring (bicyclic) bond motifs is 1. The third-order valence-electron chi connectivity index (χ3n) is 5.69. The minimum absolute atomic E-state index is 0.249. The first kappa shape index (κ1) is 19.1. The fourth-order valence-corrected chi connectivity index (χ4v) is 4.50. The second-order valence-electron chi connectivity index (χ2n) is 8.29. The fourth-order valence-electron chi connectivity index (χ4n) is 4.50. The van der Waals surface area contributed by atoms with Crippen molar-refractivity contribution < 1.29 is 8.78 Å². The fraction of sp³-hybridized carbons (Fsp3) is 0.435. The number of rotatable bonds is 3. The van der Waals surface area contributed by atoms with Gasteiger partial charge in [0.15, 0.2) is 0 Å². The highest BCUT2D eigenvalue weighted by molar-refractivity contribution is 5.92.